The monoisotopic (exact) mass is 334 g/mol. The topological polar surface area (TPSA) is 62.5 Å². The van der Waals surface area contributed by atoms with Crippen molar-refractivity contribution < 1.29 is 4.52 Å². The molecule has 0 bridgehead atoms. The van der Waals surface area contributed by atoms with Crippen LogP contribution in [0.4, 0.5) is 0 Å². The third kappa shape index (κ3) is 4.99. The van der Waals surface area contributed by atoms with Crippen LogP contribution in [-0.2, 0) is 13.0 Å². The average molecular weight is 335 g/mol. The summed E-state index contributed by atoms with van der Waals surface area (Å²) >= 11 is 6.25. The smallest absolute Gasteiger partial charge is 0.192 e. The lowest BCUT2D eigenvalue weighted by atomic mass is 10.1. The second-order valence-electron chi connectivity index (χ2n) is 5.22. The Balaban J connectivity index is 2.05. The molecule has 2 N–H and O–H groups in total. The maximum Gasteiger partial charge on any atom is 0.192 e. The van der Waals surface area contributed by atoms with E-state index in [9.17, 15) is 0 Å². The van der Waals surface area contributed by atoms with E-state index < -0.39 is 0 Å². The highest BCUT2D eigenvalue weighted by molar-refractivity contribution is 6.31. The Labute approximate surface area is 142 Å². The number of aryl methyl sites for hydroxylation is 1. The summed E-state index contributed by atoms with van der Waals surface area (Å²) in [6.45, 7) is 7.34. The molecule has 0 spiro atoms. The molecule has 0 aliphatic carbocycles. The summed E-state index contributed by atoms with van der Waals surface area (Å²) in [5.74, 6) is 1.47. The first kappa shape index (κ1) is 17.3. The van der Waals surface area contributed by atoms with Gasteiger partial charge in [0.05, 0.1) is 11.7 Å². The second-order valence-corrected chi connectivity index (χ2v) is 5.63. The summed E-state index contributed by atoms with van der Waals surface area (Å²) in [4.78, 5) is 4.54. The van der Waals surface area contributed by atoms with Crippen molar-refractivity contribution >= 4 is 17.6 Å². The van der Waals surface area contributed by atoms with Crippen LogP contribution in [0.5, 0.6) is 0 Å². The van der Waals surface area contributed by atoms with Crippen molar-refractivity contribution in [2.75, 3.05) is 6.54 Å². The molecule has 0 amide bonds. The van der Waals surface area contributed by atoms with E-state index in [1.54, 1.807) is 0 Å². The predicted molar refractivity (Wildman–Crippen MR) is 93.7 cm³/mol. The second kappa shape index (κ2) is 8.58. The van der Waals surface area contributed by atoms with E-state index in [-0.39, 0.29) is 6.04 Å². The predicted octanol–water partition coefficient (Wildman–Crippen LogP) is 3.71. The van der Waals surface area contributed by atoms with Crippen LogP contribution in [0, 0.1) is 0 Å². The van der Waals surface area contributed by atoms with Crippen molar-refractivity contribution in [1.82, 2.24) is 15.8 Å². The Morgan fingerprint density at radius 3 is 2.78 bits per heavy atom. The molecular formula is C17H23ClN4O. The van der Waals surface area contributed by atoms with E-state index in [0.29, 0.717) is 6.54 Å². The molecule has 1 heterocycles. The minimum atomic E-state index is 0.0439. The molecule has 0 radical (unpaired) electrons. The SMILES string of the molecule is CCNC(=NCc1cc(CC)no1)NC(C)c1ccccc1Cl. The molecule has 1 atom stereocenters. The lowest BCUT2D eigenvalue weighted by Gasteiger charge is -2.19. The molecule has 5 nitrogen and oxygen atoms in total. The molecule has 1 aromatic carbocycles. The minimum absolute atomic E-state index is 0.0439. The number of hydrogen-bond acceptors (Lipinski definition) is 3. The van der Waals surface area contributed by atoms with E-state index >= 15 is 0 Å². The quantitative estimate of drug-likeness (QED) is 0.624. The summed E-state index contributed by atoms with van der Waals surface area (Å²) in [5.41, 5.74) is 1.98. The van der Waals surface area contributed by atoms with Crippen LogP contribution in [-0.4, -0.2) is 17.7 Å². The van der Waals surface area contributed by atoms with E-state index in [2.05, 4.69) is 27.7 Å². The lowest BCUT2D eigenvalue weighted by Crippen LogP contribution is -2.38. The van der Waals surface area contributed by atoms with Crippen molar-refractivity contribution in [1.29, 1.82) is 0 Å². The molecule has 23 heavy (non-hydrogen) atoms. The highest BCUT2D eigenvalue weighted by Crippen LogP contribution is 2.21. The van der Waals surface area contributed by atoms with Gasteiger partial charge in [0.25, 0.3) is 0 Å². The number of nitrogens with zero attached hydrogens (tertiary/aromatic N) is 2. The van der Waals surface area contributed by atoms with Gasteiger partial charge in [-0.15, -0.1) is 0 Å². The lowest BCUT2D eigenvalue weighted by molar-refractivity contribution is 0.379. The largest absolute Gasteiger partial charge is 0.359 e. The van der Waals surface area contributed by atoms with Gasteiger partial charge in [-0.25, -0.2) is 4.99 Å². The zero-order valence-electron chi connectivity index (χ0n) is 13.8. The first-order chi connectivity index (χ1) is 11.1. The fourth-order valence-electron chi connectivity index (χ4n) is 2.18. The number of guanidine groups is 1. The summed E-state index contributed by atoms with van der Waals surface area (Å²) in [7, 11) is 0. The van der Waals surface area contributed by atoms with Gasteiger partial charge in [-0.1, -0.05) is 41.9 Å². The number of hydrogen-bond donors (Lipinski definition) is 2. The van der Waals surface area contributed by atoms with E-state index in [1.165, 1.54) is 0 Å². The zero-order chi connectivity index (χ0) is 16.7. The van der Waals surface area contributed by atoms with Crippen LogP contribution >= 0.6 is 11.6 Å². The molecule has 0 aliphatic heterocycles. The molecule has 0 aliphatic rings. The molecule has 124 valence electrons. The average Bonchev–Trinajstić information content (AvgIpc) is 3.01. The summed E-state index contributed by atoms with van der Waals surface area (Å²) in [6.07, 6.45) is 0.856. The van der Waals surface area contributed by atoms with Crippen molar-refractivity contribution in [3.8, 4) is 0 Å². The summed E-state index contributed by atoms with van der Waals surface area (Å²) in [5, 5.41) is 11.3. The molecular weight excluding hydrogens is 312 g/mol. The maximum atomic E-state index is 6.25. The van der Waals surface area contributed by atoms with Crippen LogP contribution < -0.4 is 10.6 Å². The molecule has 0 fully saturated rings. The van der Waals surface area contributed by atoms with Gasteiger partial charge in [0.1, 0.15) is 6.54 Å². The molecule has 6 heteroatoms. The number of aromatic nitrogens is 1. The van der Waals surface area contributed by atoms with Crippen molar-refractivity contribution in [3.05, 3.63) is 52.4 Å². The minimum Gasteiger partial charge on any atom is -0.359 e. The van der Waals surface area contributed by atoms with E-state index in [1.807, 2.05) is 44.2 Å². The molecule has 1 aromatic heterocycles. The Morgan fingerprint density at radius 1 is 1.35 bits per heavy atom. The fraction of sp³-hybridized carbons (Fsp3) is 0.412. The van der Waals surface area contributed by atoms with Gasteiger partial charge in [-0.3, -0.25) is 0 Å². The number of rotatable bonds is 6. The third-order valence-electron chi connectivity index (χ3n) is 3.43. The number of benzene rings is 1. The van der Waals surface area contributed by atoms with Gasteiger partial charge < -0.3 is 15.2 Å². The highest BCUT2D eigenvalue weighted by atomic mass is 35.5. The van der Waals surface area contributed by atoms with Gasteiger partial charge in [-0.2, -0.15) is 0 Å². The first-order valence-electron chi connectivity index (χ1n) is 7.87. The molecule has 1 unspecified atom stereocenters. The highest BCUT2D eigenvalue weighted by Gasteiger charge is 2.11. The molecule has 0 saturated carbocycles. The standard InChI is InChI=1S/C17H23ClN4O/c1-4-13-10-14(23-22-13)11-20-17(19-5-2)21-12(3)15-8-6-7-9-16(15)18/h6-10,12H,4-5,11H2,1-3H3,(H2,19,20,21). The zero-order valence-corrected chi connectivity index (χ0v) is 14.5. The van der Waals surface area contributed by atoms with Gasteiger partial charge >= 0.3 is 0 Å². The fourth-order valence-corrected chi connectivity index (χ4v) is 2.48. The third-order valence-corrected chi connectivity index (χ3v) is 3.78. The summed E-state index contributed by atoms with van der Waals surface area (Å²) < 4.78 is 5.26. The van der Waals surface area contributed by atoms with E-state index in [0.717, 1.165) is 41.0 Å². The number of aliphatic imine (C=N–C) groups is 1. The normalized spacial score (nSPS) is 13.0. The van der Waals surface area contributed by atoms with Crippen molar-refractivity contribution in [3.63, 3.8) is 0 Å². The van der Waals surface area contributed by atoms with Crippen LogP contribution in [0.3, 0.4) is 0 Å². The van der Waals surface area contributed by atoms with Crippen LogP contribution in [0.25, 0.3) is 0 Å². The van der Waals surface area contributed by atoms with Gasteiger partial charge in [0, 0.05) is 17.6 Å². The van der Waals surface area contributed by atoms with Crippen molar-refractivity contribution in [2.45, 2.75) is 39.8 Å². The van der Waals surface area contributed by atoms with Gasteiger partial charge in [-0.05, 0) is 31.9 Å². The number of halogens is 1. The van der Waals surface area contributed by atoms with Crippen LogP contribution in [0.1, 0.15) is 43.8 Å². The number of nitrogens with one attached hydrogen (secondary N) is 2. The maximum absolute atomic E-state index is 6.25. The van der Waals surface area contributed by atoms with Gasteiger partial charge in [0.2, 0.25) is 0 Å². The molecule has 0 saturated heterocycles. The van der Waals surface area contributed by atoms with Crippen LogP contribution in [0.2, 0.25) is 5.02 Å². The van der Waals surface area contributed by atoms with Gasteiger partial charge in [0.15, 0.2) is 11.7 Å². The Kier molecular flexibility index (Phi) is 6.47. The Bertz CT molecular complexity index is 654. The Morgan fingerprint density at radius 2 is 2.13 bits per heavy atom. The molecule has 2 rings (SSSR count). The van der Waals surface area contributed by atoms with Crippen molar-refractivity contribution in [2.24, 2.45) is 4.99 Å². The van der Waals surface area contributed by atoms with E-state index in [4.69, 9.17) is 16.1 Å². The Hall–Kier alpha value is -2.01. The van der Waals surface area contributed by atoms with Crippen LogP contribution in [0.15, 0.2) is 39.8 Å². The molecule has 2 aromatic rings. The summed E-state index contributed by atoms with van der Waals surface area (Å²) in [6, 6.07) is 9.78. The first-order valence-corrected chi connectivity index (χ1v) is 8.25.